The third-order valence-corrected chi connectivity index (χ3v) is 1.85. The number of rotatable bonds is 4. The molecule has 0 aliphatic carbocycles. The zero-order chi connectivity index (χ0) is 13.5. The molecule has 0 fully saturated rings. The molecule has 94 valence electrons. The van der Waals surface area contributed by atoms with Gasteiger partial charge in [0, 0.05) is 0 Å². The molecule has 0 amide bonds. The Kier molecular flexibility index (Phi) is 15.1. The van der Waals surface area contributed by atoms with Crippen LogP contribution in [-0.2, 0) is 6.42 Å². The molecule has 0 atom stereocenters. The minimum Gasteiger partial charge on any atom is -0.0991 e. The van der Waals surface area contributed by atoms with Crippen molar-refractivity contribution in [1.29, 1.82) is 0 Å². The molecule has 1 rings (SSSR count). The Morgan fingerprint density at radius 1 is 1.00 bits per heavy atom. The molecule has 0 aliphatic heterocycles. The summed E-state index contributed by atoms with van der Waals surface area (Å²) in [7, 11) is 0. The van der Waals surface area contributed by atoms with Gasteiger partial charge in [-0.25, -0.2) is 0 Å². The molecule has 0 heteroatoms. The minimum absolute atomic E-state index is 0.927. The normalized spacial score (nSPS) is 9.06. The summed E-state index contributed by atoms with van der Waals surface area (Å²) in [4.78, 5) is 0. The van der Waals surface area contributed by atoms with Crippen molar-refractivity contribution in [2.24, 2.45) is 0 Å². The highest BCUT2D eigenvalue weighted by atomic mass is 14.0. The first-order valence-electron chi connectivity index (χ1n) is 6.34. The van der Waals surface area contributed by atoms with Crippen LogP contribution in [0.15, 0.2) is 67.3 Å². The lowest BCUT2D eigenvalue weighted by atomic mass is 10.1. The van der Waals surface area contributed by atoms with E-state index in [0.29, 0.717) is 0 Å². The highest BCUT2D eigenvalue weighted by molar-refractivity contribution is 5.29. The Labute approximate surface area is 107 Å². The highest BCUT2D eigenvalue weighted by Gasteiger charge is 1.92. The first-order valence-corrected chi connectivity index (χ1v) is 6.34. The summed E-state index contributed by atoms with van der Waals surface area (Å²) in [6.07, 6.45) is 6.57. The summed E-state index contributed by atoms with van der Waals surface area (Å²) >= 11 is 0. The van der Waals surface area contributed by atoms with E-state index >= 15 is 0 Å². The summed E-state index contributed by atoms with van der Waals surface area (Å²) in [6.45, 7) is 15.4. The molecule has 1 aromatic carbocycles. The fraction of sp³-hybridized carbons (Fsp3) is 0.294. The third-order valence-electron chi connectivity index (χ3n) is 1.85. The average molecular weight is 230 g/mol. The van der Waals surface area contributed by atoms with Gasteiger partial charge in [-0.2, -0.15) is 0 Å². The molecule has 0 radical (unpaired) electrons. The zero-order valence-corrected chi connectivity index (χ0v) is 11.7. The number of benzene rings is 1. The monoisotopic (exact) mass is 230 g/mol. The van der Waals surface area contributed by atoms with E-state index in [1.165, 1.54) is 11.1 Å². The van der Waals surface area contributed by atoms with Gasteiger partial charge in [-0.05, 0) is 17.6 Å². The minimum atomic E-state index is 0.927. The van der Waals surface area contributed by atoms with E-state index in [0.717, 1.165) is 6.42 Å². The molecule has 0 saturated heterocycles. The van der Waals surface area contributed by atoms with Crippen LogP contribution < -0.4 is 0 Å². The van der Waals surface area contributed by atoms with Gasteiger partial charge < -0.3 is 0 Å². The molecule has 0 unspecified atom stereocenters. The SMILES string of the molecule is C=C/C=C(\C=C)Cc1ccccc1.CC.CC. The fourth-order valence-corrected chi connectivity index (χ4v) is 1.18. The number of hydrogen-bond donors (Lipinski definition) is 0. The summed E-state index contributed by atoms with van der Waals surface area (Å²) in [5.74, 6) is 0. The van der Waals surface area contributed by atoms with E-state index in [1.807, 2.05) is 58.0 Å². The fourth-order valence-electron chi connectivity index (χ4n) is 1.18. The predicted molar refractivity (Wildman–Crippen MR) is 81.3 cm³/mol. The average Bonchev–Trinajstić information content (AvgIpc) is 2.44. The van der Waals surface area contributed by atoms with E-state index in [-0.39, 0.29) is 0 Å². The molecule has 0 N–H and O–H groups in total. The first-order chi connectivity index (χ1) is 8.36. The van der Waals surface area contributed by atoms with Crippen molar-refractivity contribution in [1.82, 2.24) is 0 Å². The molecule has 0 aromatic heterocycles. The van der Waals surface area contributed by atoms with Crippen LogP contribution in [0.3, 0.4) is 0 Å². The van der Waals surface area contributed by atoms with E-state index < -0.39 is 0 Å². The topological polar surface area (TPSA) is 0 Å². The second kappa shape index (κ2) is 14.4. The summed E-state index contributed by atoms with van der Waals surface area (Å²) in [6, 6.07) is 10.3. The molecule has 0 saturated carbocycles. The van der Waals surface area contributed by atoms with Crippen LogP contribution in [-0.4, -0.2) is 0 Å². The molecule has 0 heterocycles. The van der Waals surface area contributed by atoms with Gasteiger partial charge in [-0.15, -0.1) is 0 Å². The predicted octanol–water partition coefficient (Wildman–Crippen LogP) is 5.58. The van der Waals surface area contributed by atoms with Crippen molar-refractivity contribution in [3.8, 4) is 0 Å². The Balaban J connectivity index is 0. The van der Waals surface area contributed by atoms with E-state index in [9.17, 15) is 0 Å². The van der Waals surface area contributed by atoms with Gasteiger partial charge in [0.2, 0.25) is 0 Å². The second-order valence-corrected chi connectivity index (χ2v) is 2.84. The molecule has 17 heavy (non-hydrogen) atoms. The molecule has 0 nitrogen and oxygen atoms in total. The first kappa shape index (κ1) is 17.8. The molecule has 0 bridgehead atoms. The van der Waals surface area contributed by atoms with Crippen molar-refractivity contribution in [2.75, 3.05) is 0 Å². The van der Waals surface area contributed by atoms with Gasteiger partial charge in [-0.1, -0.05) is 89.4 Å². The maximum atomic E-state index is 3.76. The van der Waals surface area contributed by atoms with Crippen LogP contribution in [0.4, 0.5) is 0 Å². The van der Waals surface area contributed by atoms with Crippen LogP contribution in [0, 0.1) is 0 Å². The van der Waals surface area contributed by atoms with E-state index in [2.05, 4.69) is 25.3 Å². The van der Waals surface area contributed by atoms with Gasteiger partial charge in [-0.3, -0.25) is 0 Å². The maximum Gasteiger partial charge on any atom is -0.00260 e. The maximum absolute atomic E-state index is 3.76. The summed E-state index contributed by atoms with van der Waals surface area (Å²) in [5, 5.41) is 0. The van der Waals surface area contributed by atoms with E-state index in [4.69, 9.17) is 0 Å². The van der Waals surface area contributed by atoms with Gasteiger partial charge in [0.1, 0.15) is 0 Å². The van der Waals surface area contributed by atoms with Crippen molar-refractivity contribution >= 4 is 0 Å². The molecule has 0 spiro atoms. The molecular formula is C17H26. The van der Waals surface area contributed by atoms with Crippen LogP contribution in [0.2, 0.25) is 0 Å². The second-order valence-electron chi connectivity index (χ2n) is 2.84. The standard InChI is InChI=1S/C13H14.2C2H6/c1-3-8-12(4-2)11-13-9-6-5-7-10-13;2*1-2/h3-10H,1-2,11H2;2*1-2H3/b12-8+;;. The Morgan fingerprint density at radius 2 is 1.53 bits per heavy atom. The molecule has 0 aliphatic rings. The third kappa shape index (κ3) is 9.37. The van der Waals surface area contributed by atoms with Crippen LogP contribution >= 0.6 is 0 Å². The lowest BCUT2D eigenvalue weighted by molar-refractivity contribution is 1.20. The molecule has 1 aromatic rings. The van der Waals surface area contributed by atoms with Crippen molar-refractivity contribution < 1.29 is 0 Å². The van der Waals surface area contributed by atoms with Crippen molar-refractivity contribution in [3.63, 3.8) is 0 Å². The largest absolute Gasteiger partial charge is 0.0991 e. The smallest absolute Gasteiger partial charge is 0.00260 e. The molecular weight excluding hydrogens is 204 g/mol. The lowest BCUT2D eigenvalue weighted by Crippen LogP contribution is -1.86. The summed E-state index contributed by atoms with van der Waals surface area (Å²) in [5.41, 5.74) is 2.50. The van der Waals surface area contributed by atoms with Crippen molar-refractivity contribution in [3.05, 3.63) is 72.9 Å². The quantitative estimate of drug-likeness (QED) is 0.592. The van der Waals surface area contributed by atoms with Gasteiger partial charge >= 0.3 is 0 Å². The Morgan fingerprint density at radius 3 is 1.94 bits per heavy atom. The summed E-state index contributed by atoms with van der Waals surface area (Å²) < 4.78 is 0. The van der Waals surface area contributed by atoms with Crippen LogP contribution in [0.1, 0.15) is 33.3 Å². The lowest BCUT2D eigenvalue weighted by Gasteiger charge is -2.00. The van der Waals surface area contributed by atoms with Crippen molar-refractivity contribution in [2.45, 2.75) is 34.1 Å². The highest BCUT2D eigenvalue weighted by Crippen LogP contribution is 2.08. The number of hydrogen-bond acceptors (Lipinski definition) is 0. The van der Waals surface area contributed by atoms with Gasteiger partial charge in [0.15, 0.2) is 0 Å². The van der Waals surface area contributed by atoms with Gasteiger partial charge in [0.25, 0.3) is 0 Å². The van der Waals surface area contributed by atoms with E-state index in [1.54, 1.807) is 6.08 Å². The van der Waals surface area contributed by atoms with Gasteiger partial charge in [0.05, 0.1) is 0 Å². The van der Waals surface area contributed by atoms with Crippen LogP contribution in [0.25, 0.3) is 0 Å². The Hall–Kier alpha value is -1.56. The zero-order valence-electron chi connectivity index (χ0n) is 11.7. The Bertz CT molecular complexity index is 304. The van der Waals surface area contributed by atoms with Crippen LogP contribution in [0.5, 0.6) is 0 Å². The number of allylic oxidation sites excluding steroid dienone is 4.